The lowest BCUT2D eigenvalue weighted by atomic mass is 10.2. The maximum Gasteiger partial charge on any atom is 0.277 e. The van der Waals surface area contributed by atoms with E-state index in [1.807, 2.05) is 6.07 Å². The van der Waals surface area contributed by atoms with Gasteiger partial charge in [0, 0.05) is 36.5 Å². The van der Waals surface area contributed by atoms with Crippen LogP contribution in [0.3, 0.4) is 0 Å². The predicted octanol–water partition coefficient (Wildman–Crippen LogP) is 3.64. The first kappa shape index (κ1) is 19.4. The summed E-state index contributed by atoms with van der Waals surface area (Å²) < 4.78 is 18.9. The average molecular weight is 413 g/mol. The van der Waals surface area contributed by atoms with E-state index in [1.54, 1.807) is 24.4 Å². The molecule has 1 aliphatic carbocycles. The Morgan fingerprint density at radius 2 is 2.14 bits per heavy atom. The number of carbonyl (C=O) groups excluding carboxylic acids is 1. The first-order valence-corrected chi connectivity index (χ1v) is 10.3. The molecule has 150 valence electrons. The first-order chi connectivity index (χ1) is 14.2. The van der Waals surface area contributed by atoms with Gasteiger partial charge in [0.1, 0.15) is 11.6 Å². The van der Waals surface area contributed by atoms with E-state index in [-0.39, 0.29) is 11.7 Å². The van der Waals surface area contributed by atoms with Gasteiger partial charge in [0.15, 0.2) is 0 Å². The Morgan fingerprint density at radius 3 is 2.97 bits per heavy atom. The van der Waals surface area contributed by atoms with Crippen molar-refractivity contribution < 1.29 is 13.6 Å². The van der Waals surface area contributed by atoms with Crippen LogP contribution in [0.2, 0.25) is 0 Å². The van der Waals surface area contributed by atoms with Crippen LogP contribution >= 0.6 is 11.8 Å². The van der Waals surface area contributed by atoms with Crippen LogP contribution in [0.25, 0.3) is 11.5 Å². The van der Waals surface area contributed by atoms with Crippen LogP contribution in [0, 0.1) is 5.82 Å². The van der Waals surface area contributed by atoms with Gasteiger partial charge in [0.25, 0.3) is 5.22 Å². The number of aromatic nitrogens is 3. The minimum atomic E-state index is -0.267. The number of thioether (sulfide) groups is 1. The molecule has 0 unspecified atom stereocenters. The molecule has 1 aliphatic rings. The first-order valence-electron chi connectivity index (χ1n) is 9.36. The van der Waals surface area contributed by atoms with Crippen LogP contribution in [-0.4, -0.2) is 33.7 Å². The second-order valence-electron chi connectivity index (χ2n) is 6.74. The Kier molecular flexibility index (Phi) is 6.04. The van der Waals surface area contributed by atoms with Crippen LogP contribution in [-0.2, 0) is 10.5 Å². The van der Waals surface area contributed by atoms with Crippen molar-refractivity contribution in [2.75, 3.05) is 11.9 Å². The van der Waals surface area contributed by atoms with Crippen molar-refractivity contribution in [3.05, 3.63) is 54.0 Å². The Balaban J connectivity index is 1.31. The number of amides is 1. The molecule has 7 nitrogen and oxygen atoms in total. The minimum absolute atomic E-state index is 0.0491. The lowest BCUT2D eigenvalue weighted by Crippen LogP contribution is -2.27. The molecule has 2 N–H and O–H groups in total. The predicted molar refractivity (Wildman–Crippen MR) is 108 cm³/mol. The van der Waals surface area contributed by atoms with Gasteiger partial charge < -0.3 is 15.1 Å². The number of rotatable bonds is 9. The normalized spacial score (nSPS) is 13.3. The molecule has 2 heterocycles. The molecule has 3 aromatic rings. The monoisotopic (exact) mass is 413 g/mol. The molecule has 1 aromatic carbocycles. The van der Waals surface area contributed by atoms with E-state index in [9.17, 15) is 9.18 Å². The molecule has 29 heavy (non-hydrogen) atoms. The summed E-state index contributed by atoms with van der Waals surface area (Å²) in [5.41, 5.74) is 1.57. The van der Waals surface area contributed by atoms with E-state index in [4.69, 9.17) is 4.42 Å². The molecule has 0 atom stereocenters. The zero-order valence-corrected chi connectivity index (χ0v) is 16.4. The molecule has 0 saturated heterocycles. The van der Waals surface area contributed by atoms with Crippen molar-refractivity contribution in [1.29, 1.82) is 0 Å². The summed E-state index contributed by atoms with van der Waals surface area (Å²) >= 11 is 1.35. The van der Waals surface area contributed by atoms with Crippen LogP contribution in [0.5, 0.6) is 0 Å². The highest BCUT2D eigenvalue weighted by atomic mass is 32.2. The number of carbonyl (C=O) groups is 1. The second-order valence-corrected chi connectivity index (χ2v) is 7.67. The molecule has 0 bridgehead atoms. The summed E-state index contributed by atoms with van der Waals surface area (Å²) in [6.45, 7) is 0.494. The van der Waals surface area contributed by atoms with Crippen LogP contribution in [0.1, 0.15) is 24.8 Å². The van der Waals surface area contributed by atoms with Crippen molar-refractivity contribution in [2.24, 2.45) is 0 Å². The maximum atomic E-state index is 13.3. The van der Waals surface area contributed by atoms with Gasteiger partial charge in [-0.3, -0.25) is 4.79 Å². The Hall–Kier alpha value is -2.94. The van der Waals surface area contributed by atoms with Gasteiger partial charge in [0.2, 0.25) is 11.8 Å². The quantitative estimate of drug-likeness (QED) is 0.517. The largest absolute Gasteiger partial charge is 0.411 e. The summed E-state index contributed by atoms with van der Waals surface area (Å²) in [4.78, 5) is 16.0. The number of pyridine rings is 1. The highest BCUT2D eigenvalue weighted by molar-refractivity contribution is 7.98. The van der Waals surface area contributed by atoms with Gasteiger partial charge in [-0.2, -0.15) is 0 Å². The van der Waals surface area contributed by atoms with Crippen LogP contribution in [0.15, 0.2) is 52.2 Å². The number of benzene rings is 1. The Morgan fingerprint density at radius 1 is 1.24 bits per heavy atom. The summed E-state index contributed by atoms with van der Waals surface area (Å²) in [6.07, 6.45) is 4.19. The molecule has 2 aromatic heterocycles. The third-order valence-electron chi connectivity index (χ3n) is 4.27. The molecule has 1 saturated carbocycles. The molecule has 0 spiro atoms. The molecular weight excluding hydrogens is 393 g/mol. The molecule has 1 fully saturated rings. The number of anilines is 1. The lowest BCUT2D eigenvalue weighted by molar-refractivity contribution is -0.120. The summed E-state index contributed by atoms with van der Waals surface area (Å²) in [6, 6.07) is 10.4. The topological polar surface area (TPSA) is 92.9 Å². The summed E-state index contributed by atoms with van der Waals surface area (Å²) in [7, 11) is 0. The Bertz CT molecular complexity index is 992. The van der Waals surface area contributed by atoms with Gasteiger partial charge in [0.05, 0.1) is 0 Å². The Labute approximate surface area is 171 Å². The van der Waals surface area contributed by atoms with E-state index in [0.717, 1.165) is 24.0 Å². The number of hydrogen-bond acceptors (Lipinski definition) is 7. The van der Waals surface area contributed by atoms with Crippen molar-refractivity contribution in [2.45, 2.75) is 36.3 Å². The SMILES string of the molecule is O=C(CCNc1cc(-c2nnc(SCc3cccc(F)c3)o2)ccn1)NC1CC1. The highest BCUT2D eigenvalue weighted by Gasteiger charge is 2.22. The zero-order chi connectivity index (χ0) is 20.1. The van der Waals surface area contributed by atoms with Crippen molar-refractivity contribution in [1.82, 2.24) is 20.5 Å². The van der Waals surface area contributed by atoms with E-state index in [1.165, 1.54) is 23.9 Å². The maximum absolute atomic E-state index is 13.3. The fourth-order valence-electron chi connectivity index (χ4n) is 2.65. The molecule has 0 radical (unpaired) electrons. The lowest BCUT2D eigenvalue weighted by Gasteiger charge is -2.06. The average Bonchev–Trinajstić information content (AvgIpc) is 3.39. The van der Waals surface area contributed by atoms with Gasteiger partial charge in [-0.15, -0.1) is 10.2 Å². The zero-order valence-electron chi connectivity index (χ0n) is 15.6. The second kappa shape index (κ2) is 9.04. The van der Waals surface area contributed by atoms with E-state index in [2.05, 4.69) is 25.8 Å². The summed E-state index contributed by atoms with van der Waals surface area (Å²) in [5.74, 6) is 1.33. The molecule has 0 aliphatic heterocycles. The van der Waals surface area contributed by atoms with Gasteiger partial charge in [-0.1, -0.05) is 23.9 Å². The number of nitrogens with one attached hydrogen (secondary N) is 2. The van der Waals surface area contributed by atoms with Crippen LogP contribution in [0.4, 0.5) is 10.2 Å². The van der Waals surface area contributed by atoms with Crippen molar-refractivity contribution in [3.8, 4) is 11.5 Å². The van der Waals surface area contributed by atoms with Crippen LogP contribution < -0.4 is 10.6 Å². The number of halogens is 1. The fraction of sp³-hybridized carbons (Fsp3) is 0.300. The molecule has 1 amide bonds. The smallest absolute Gasteiger partial charge is 0.277 e. The summed E-state index contributed by atoms with van der Waals surface area (Å²) in [5, 5.41) is 14.6. The van der Waals surface area contributed by atoms with Gasteiger partial charge in [-0.25, -0.2) is 9.37 Å². The molecular formula is C20H20FN5O2S. The number of hydrogen-bond donors (Lipinski definition) is 2. The standard InChI is InChI=1S/C20H20FN5O2S/c21-15-3-1-2-13(10-15)12-29-20-26-25-19(28-20)14-6-8-22-17(11-14)23-9-7-18(27)24-16-4-5-16/h1-3,6,8,10-11,16H,4-5,7,9,12H2,(H,22,23)(H,24,27). The van der Waals surface area contributed by atoms with E-state index >= 15 is 0 Å². The van der Waals surface area contributed by atoms with Crippen molar-refractivity contribution in [3.63, 3.8) is 0 Å². The fourth-order valence-corrected chi connectivity index (χ4v) is 3.35. The van der Waals surface area contributed by atoms with Gasteiger partial charge in [-0.05, 0) is 42.7 Å². The van der Waals surface area contributed by atoms with Gasteiger partial charge >= 0.3 is 0 Å². The minimum Gasteiger partial charge on any atom is -0.411 e. The van der Waals surface area contributed by atoms with E-state index < -0.39 is 0 Å². The van der Waals surface area contributed by atoms with Crippen molar-refractivity contribution >= 4 is 23.5 Å². The van der Waals surface area contributed by atoms with E-state index in [0.29, 0.717) is 41.7 Å². The number of nitrogens with zero attached hydrogens (tertiary/aromatic N) is 3. The molecule has 9 heteroatoms. The third-order valence-corrected chi connectivity index (χ3v) is 5.15. The highest BCUT2D eigenvalue weighted by Crippen LogP contribution is 2.26. The third kappa shape index (κ3) is 5.77. The molecule has 4 rings (SSSR count).